The molecule has 108 valence electrons. The lowest BCUT2D eigenvalue weighted by atomic mass is 10.1. The molecular formula is C15H19NO4. The summed E-state index contributed by atoms with van der Waals surface area (Å²) in [7, 11) is 1.60. The maximum absolute atomic E-state index is 11.7. The Morgan fingerprint density at radius 2 is 2.15 bits per heavy atom. The van der Waals surface area contributed by atoms with Gasteiger partial charge in [0.25, 0.3) is 0 Å². The molecular weight excluding hydrogens is 258 g/mol. The van der Waals surface area contributed by atoms with E-state index in [1.807, 2.05) is 13.0 Å². The predicted octanol–water partition coefficient (Wildman–Crippen LogP) is 2.46. The number of carboxylic acids is 1. The van der Waals surface area contributed by atoms with Gasteiger partial charge in [-0.1, -0.05) is 12.1 Å². The molecule has 0 spiro atoms. The molecule has 0 fully saturated rings. The topological polar surface area (TPSA) is 75.6 Å². The summed E-state index contributed by atoms with van der Waals surface area (Å²) in [6, 6.07) is 5.39. The number of anilines is 1. The van der Waals surface area contributed by atoms with Crippen LogP contribution >= 0.6 is 0 Å². The summed E-state index contributed by atoms with van der Waals surface area (Å²) >= 11 is 0. The SMILES string of the molecule is COCCCC(=O)Nc1cc(/C=C/C(=O)O)ccc1C. The third-order valence-electron chi connectivity index (χ3n) is 2.71. The summed E-state index contributed by atoms with van der Waals surface area (Å²) in [4.78, 5) is 22.2. The number of ether oxygens (including phenoxy) is 1. The van der Waals surface area contributed by atoms with Gasteiger partial charge in [-0.15, -0.1) is 0 Å². The van der Waals surface area contributed by atoms with E-state index in [9.17, 15) is 9.59 Å². The van der Waals surface area contributed by atoms with Gasteiger partial charge in [-0.05, 0) is 36.6 Å². The van der Waals surface area contributed by atoms with Crippen LogP contribution in [0.5, 0.6) is 0 Å². The van der Waals surface area contributed by atoms with E-state index in [2.05, 4.69) is 5.32 Å². The lowest BCUT2D eigenvalue weighted by Crippen LogP contribution is -2.13. The standard InChI is InChI=1S/C15H19NO4/c1-11-5-6-12(7-8-15(18)19)10-13(11)16-14(17)4-3-9-20-2/h5-8,10H,3-4,9H2,1-2H3,(H,16,17)(H,18,19)/b8-7+. The van der Waals surface area contributed by atoms with Crippen LogP contribution < -0.4 is 5.32 Å². The van der Waals surface area contributed by atoms with Gasteiger partial charge >= 0.3 is 5.97 Å². The summed E-state index contributed by atoms with van der Waals surface area (Å²) in [5.74, 6) is -1.08. The van der Waals surface area contributed by atoms with Crippen molar-refractivity contribution >= 4 is 23.6 Å². The van der Waals surface area contributed by atoms with Gasteiger partial charge in [-0.2, -0.15) is 0 Å². The number of hydrogen-bond acceptors (Lipinski definition) is 3. The molecule has 1 amide bonds. The molecule has 0 aromatic heterocycles. The minimum Gasteiger partial charge on any atom is -0.478 e. The number of methoxy groups -OCH3 is 1. The number of carboxylic acid groups (broad SMARTS) is 1. The van der Waals surface area contributed by atoms with E-state index in [4.69, 9.17) is 9.84 Å². The first kappa shape index (κ1) is 15.9. The van der Waals surface area contributed by atoms with E-state index >= 15 is 0 Å². The van der Waals surface area contributed by atoms with Crippen LogP contribution in [0.3, 0.4) is 0 Å². The normalized spacial score (nSPS) is 10.7. The van der Waals surface area contributed by atoms with Gasteiger partial charge in [-0.25, -0.2) is 4.79 Å². The summed E-state index contributed by atoms with van der Waals surface area (Å²) < 4.78 is 4.89. The molecule has 20 heavy (non-hydrogen) atoms. The summed E-state index contributed by atoms with van der Waals surface area (Å²) in [5.41, 5.74) is 2.35. The molecule has 0 unspecified atom stereocenters. The molecule has 1 rings (SSSR count). The van der Waals surface area contributed by atoms with Crippen LogP contribution in [0.15, 0.2) is 24.3 Å². The first-order chi connectivity index (χ1) is 9.52. The Labute approximate surface area is 118 Å². The Morgan fingerprint density at radius 1 is 1.40 bits per heavy atom. The zero-order chi connectivity index (χ0) is 15.0. The maximum Gasteiger partial charge on any atom is 0.328 e. The fourth-order valence-corrected chi connectivity index (χ4v) is 1.64. The largest absolute Gasteiger partial charge is 0.478 e. The van der Waals surface area contributed by atoms with Crippen molar-refractivity contribution in [3.8, 4) is 0 Å². The number of carbonyl (C=O) groups excluding carboxylic acids is 1. The third kappa shape index (κ3) is 5.67. The van der Waals surface area contributed by atoms with Gasteiger partial charge in [0.15, 0.2) is 0 Å². The molecule has 0 heterocycles. The van der Waals surface area contributed by atoms with Crippen molar-refractivity contribution in [2.45, 2.75) is 19.8 Å². The Balaban J connectivity index is 2.71. The van der Waals surface area contributed by atoms with Gasteiger partial charge in [-0.3, -0.25) is 4.79 Å². The van der Waals surface area contributed by atoms with Crippen molar-refractivity contribution in [1.82, 2.24) is 0 Å². The smallest absolute Gasteiger partial charge is 0.328 e. The summed E-state index contributed by atoms with van der Waals surface area (Å²) in [6.07, 6.45) is 3.61. The highest BCUT2D eigenvalue weighted by Crippen LogP contribution is 2.18. The highest BCUT2D eigenvalue weighted by molar-refractivity contribution is 5.92. The van der Waals surface area contributed by atoms with E-state index in [1.54, 1.807) is 19.2 Å². The molecule has 0 saturated heterocycles. The van der Waals surface area contributed by atoms with Crippen LogP contribution in [0.25, 0.3) is 6.08 Å². The zero-order valence-electron chi connectivity index (χ0n) is 11.7. The fourth-order valence-electron chi connectivity index (χ4n) is 1.64. The van der Waals surface area contributed by atoms with Gasteiger partial charge in [0.2, 0.25) is 5.91 Å². The molecule has 5 nitrogen and oxygen atoms in total. The molecule has 5 heteroatoms. The molecule has 0 atom stereocenters. The van der Waals surface area contributed by atoms with Gasteiger partial charge < -0.3 is 15.2 Å². The van der Waals surface area contributed by atoms with E-state index in [0.29, 0.717) is 25.1 Å². The van der Waals surface area contributed by atoms with E-state index in [1.165, 1.54) is 6.08 Å². The molecule has 0 saturated carbocycles. The van der Waals surface area contributed by atoms with Crippen LogP contribution in [0.2, 0.25) is 0 Å². The molecule has 0 radical (unpaired) electrons. The van der Waals surface area contributed by atoms with Crippen molar-refractivity contribution in [3.63, 3.8) is 0 Å². The number of nitrogens with one attached hydrogen (secondary N) is 1. The van der Waals surface area contributed by atoms with E-state index in [-0.39, 0.29) is 5.91 Å². The van der Waals surface area contributed by atoms with Gasteiger partial charge in [0, 0.05) is 31.9 Å². The van der Waals surface area contributed by atoms with Gasteiger partial charge in [0.05, 0.1) is 0 Å². The number of aliphatic carboxylic acids is 1. The Kier molecular flexibility index (Phi) is 6.46. The number of aryl methyl sites for hydroxylation is 1. The van der Waals surface area contributed by atoms with E-state index < -0.39 is 5.97 Å². The van der Waals surface area contributed by atoms with Crippen molar-refractivity contribution in [3.05, 3.63) is 35.4 Å². The number of hydrogen-bond donors (Lipinski definition) is 2. The molecule has 2 N–H and O–H groups in total. The first-order valence-corrected chi connectivity index (χ1v) is 6.33. The monoisotopic (exact) mass is 277 g/mol. The van der Waals surface area contributed by atoms with Gasteiger partial charge in [0.1, 0.15) is 0 Å². The molecule has 0 aliphatic heterocycles. The van der Waals surface area contributed by atoms with Crippen LogP contribution in [-0.2, 0) is 14.3 Å². The minimum atomic E-state index is -1.00. The molecule has 1 aromatic rings. The highest BCUT2D eigenvalue weighted by atomic mass is 16.5. The lowest BCUT2D eigenvalue weighted by Gasteiger charge is -2.09. The second-order valence-corrected chi connectivity index (χ2v) is 4.39. The maximum atomic E-state index is 11.7. The second-order valence-electron chi connectivity index (χ2n) is 4.39. The summed E-state index contributed by atoms with van der Waals surface area (Å²) in [5, 5.41) is 11.4. The van der Waals surface area contributed by atoms with Crippen molar-refractivity contribution in [2.75, 3.05) is 19.0 Å². The lowest BCUT2D eigenvalue weighted by molar-refractivity contribution is -0.131. The van der Waals surface area contributed by atoms with Crippen molar-refractivity contribution < 1.29 is 19.4 Å². The Bertz CT molecular complexity index is 509. The minimum absolute atomic E-state index is 0.0792. The second kappa shape index (κ2) is 8.12. The molecule has 0 aliphatic rings. The van der Waals surface area contributed by atoms with Crippen LogP contribution in [0, 0.1) is 6.92 Å². The quantitative estimate of drug-likeness (QED) is 0.593. The Morgan fingerprint density at radius 3 is 2.80 bits per heavy atom. The number of carbonyl (C=O) groups is 2. The van der Waals surface area contributed by atoms with Crippen molar-refractivity contribution in [2.24, 2.45) is 0 Å². The van der Waals surface area contributed by atoms with E-state index in [0.717, 1.165) is 17.2 Å². The third-order valence-corrected chi connectivity index (χ3v) is 2.71. The highest BCUT2D eigenvalue weighted by Gasteiger charge is 2.05. The Hall–Kier alpha value is -2.14. The van der Waals surface area contributed by atoms with Crippen LogP contribution in [-0.4, -0.2) is 30.7 Å². The summed E-state index contributed by atoms with van der Waals surface area (Å²) in [6.45, 7) is 2.43. The number of amides is 1. The average Bonchev–Trinajstić information content (AvgIpc) is 2.40. The number of rotatable bonds is 7. The molecule has 0 aliphatic carbocycles. The zero-order valence-corrected chi connectivity index (χ0v) is 11.7. The predicted molar refractivity (Wildman–Crippen MR) is 77.6 cm³/mol. The number of benzene rings is 1. The molecule has 1 aromatic carbocycles. The molecule has 0 bridgehead atoms. The van der Waals surface area contributed by atoms with Crippen LogP contribution in [0.4, 0.5) is 5.69 Å². The first-order valence-electron chi connectivity index (χ1n) is 6.33. The fraction of sp³-hybridized carbons (Fsp3) is 0.333. The van der Waals surface area contributed by atoms with Crippen LogP contribution in [0.1, 0.15) is 24.0 Å². The average molecular weight is 277 g/mol. The van der Waals surface area contributed by atoms with Crippen molar-refractivity contribution in [1.29, 1.82) is 0 Å².